The van der Waals surface area contributed by atoms with Crippen molar-refractivity contribution in [1.29, 1.82) is 0 Å². The quantitative estimate of drug-likeness (QED) is 0.212. The van der Waals surface area contributed by atoms with E-state index in [-0.39, 0.29) is 29.9 Å². The lowest BCUT2D eigenvalue weighted by Crippen LogP contribution is -2.48. The first kappa shape index (κ1) is 32.6. The van der Waals surface area contributed by atoms with Gasteiger partial charge in [-0.05, 0) is 11.1 Å². The van der Waals surface area contributed by atoms with Crippen molar-refractivity contribution in [3.8, 4) is 0 Å². The Morgan fingerprint density at radius 1 is 0.955 bits per heavy atom. The first-order valence-corrected chi connectivity index (χ1v) is 17.4. The third kappa shape index (κ3) is 9.35. The highest BCUT2D eigenvalue weighted by Gasteiger charge is 2.54. The van der Waals surface area contributed by atoms with Crippen molar-refractivity contribution in [2.75, 3.05) is 24.7 Å². The van der Waals surface area contributed by atoms with Crippen molar-refractivity contribution < 1.29 is 40.9 Å². The number of benzene rings is 3. The van der Waals surface area contributed by atoms with Crippen LogP contribution in [0.15, 0.2) is 91.0 Å². The minimum Gasteiger partial charge on any atom is -0.371 e. The predicted molar refractivity (Wildman–Crippen MR) is 166 cm³/mol. The van der Waals surface area contributed by atoms with E-state index in [4.69, 9.17) is 23.1 Å². The van der Waals surface area contributed by atoms with Crippen LogP contribution in [0.25, 0.3) is 0 Å². The molecule has 0 radical (unpaired) electrons. The molecule has 2 N–H and O–H groups in total. The molecule has 2 saturated heterocycles. The normalized spacial score (nSPS) is 27.2. The Morgan fingerprint density at radius 3 is 2.18 bits per heavy atom. The number of hydrogen-bond acceptors (Lipinski definition) is 8. The Balaban J connectivity index is 1.39. The molecule has 2 fully saturated rings. The van der Waals surface area contributed by atoms with E-state index in [1.54, 1.807) is 0 Å². The lowest BCUT2D eigenvalue weighted by atomic mass is 10.1. The first-order valence-electron chi connectivity index (χ1n) is 14.4. The minimum atomic E-state index is -4.77. The molecule has 10 nitrogen and oxygen atoms in total. The van der Waals surface area contributed by atoms with Gasteiger partial charge in [0.05, 0.1) is 26.4 Å². The van der Waals surface area contributed by atoms with Gasteiger partial charge in [-0.1, -0.05) is 91.0 Å². The molecule has 44 heavy (non-hydrogen) atoms. The molecule has 3 aromatic rings. The zero-order valence-corrected chi connectivity index (χ0v) is 26.0. The van der Waals surface area contributed by atoms with E-state index in [2.05, 4.69) is 5.32 Å². The molecule has 7 atom stereocenters. The molecule has 1 amide bonds. The zero-order valence-electron chi connectivity index (χ0n) is 24.4. The second-order valence-electron chi connectivity index (χ2n) is 10.8. The molecule has 2 heterocycles. The number of amides is 1. The molecule has 3 aromatic carbocycles. The standard InChI is InChI=1S/C32H37NO9S2/c1-23(34)33-27-21-43(22-29-28(42-44(35,36)37)19-40-32(41-29)26-15-9-4-10-16-26)30(20-38-17-24-11-5-2-6-12-24)31(27)39-18-25-13-7-3-8-14-25/h2-16,27-32H,17-22H2,1H3,(H-,33,34,35,36,37)/p+1/t27-,28+,29-,30-,31+,32?,43?/m1/s1. The van der Waals surface area contributed by atoms with Crippen molar-refractivity contribution in [3.05, 3.63) is 108 Å². The van der Waals surface area contributed by atoms with Crippen molar-refractivity contribution in [3.63, 3.8) is 0 Å². The third-order valence-electron chi connectivity index (χ3n) is 7.47. The van der Waals surface area contributed by atoms with Crippen molar-refractivity contribution in [2.45, 2.75) is 56.0 Å². The van der Waals surface area contributed by atoms with Crippen LogP contribution < -0.4 is 5.32 Å². The molecule has 5 rings (SSSR count). The van der Waals surface area contributed by atoms with Crippen LogP contribution in [0.1, 0.15) is 29.9 Å². The van der Waals surface area contributed by atoms with Crippen LogP contribution in [0.4, 0.5) is 0 Å². The van der Waals surface area contributed by atoms with Gasteiger partial charge in [-0.25, -0.2) is 4.18 Å². The first-order chi connectivity index (χ1) is 21.2. The summed E-state index contributed by atoms with van der Waals surface area (Å²) in [5, 5.41) is 2.93. The molecular formula is C32H38NO9S2+. The van der Waals surface area contributed by atoms with Crippen LogP contribution in [-0.4, -0.2) is 73.2 Å². The molecule has 0 spiro atoms. The maximum atomic E-state index is 12.3. The maximum absolute atomic E-state index is 12.3. The molecule has 12 heteroatoms. The fourth-order valence-corrected chi connectivity index (χ4v) is 8.99. The minimum absolute atomic E-state index is 0.0978. The van der Waals surface area contributed by atoms with E-state index >= 15 is 0 Å². The van der Waals surface area contributed by atoms with E-state index in [1.165, 1.54) is 6.92 Å². The number of carbonyl (C=O) groups excluding carboxylic acids is 1. The number of hydrogen-bond donors (Lipinski definition) is 2. The van der Waals surface area contributed by atoms with Crippen molar-refractivity contribution >= 4 is 27.2 Å². The average Bonchev–Trinajstić information content (AvgIpc) is 3.32. The summed E-state index contributed by atoms with van der Waals surface area (Å²) in [6.07, 6.45) is -2.91. The molecule has 236 valence electrons. The number of carbonyl (C=O) groups is 1. The molecule has 2 aliphatic heterocycles. The summed E-state index contributed by atoms with van der Waals surface area (Å²) in [7, 11) is -5.25. The van der Waals surface area contributed by atoms with Crippen LogP contribution in [0.3, 0.4) is 0 Å². The second-order valence-corrected chi connectivity index (χ2v) is 14.2. The van der Waals surface area contributed by atoms with Crippen LogP contribution in [0, 0.1) is 0 Å². The summed E-state index contributed by atoms with van der Waals surface area (Å²) in [6.45, 7) is 2.49. The zero-order chi connectivity index (χ0) is 30.9. The fourth-order valence-electron chi connectivity index (χ4n) is 5.49. The summed E-state index contributed by atoms with van der Waals surface area (Å²) in [4.78, 5) is 12.3. The van der Waals surface area contributed by atoms with Gasteiger partial charge in [0.1, 0.15) is 35.9 Å². The molecule has 2 unspecified atom stereocenters. The molecule has 0 aromatic heterocycles. The fraction of sp³-hybridized carbons (Fsp3) is 0.406. The summed E-state index contributed by atoms with van der Waals surface area (Å²) >= 11 is 0. The Morgan fingerprint density at radius 2 is 1.57 bits per heavy atom. The van der Waals surface area contributed by atoms with E-state index in [0.717, 1.165) is 16.7 Å². The Kier molecular flexibility index (Phi) is 11.4. The summed E-state index contributed by atoms with van der Waals surface area (Å²) < 4.78 is 62.9. The molecule has 0 aliphatic carbocycles. The van der Waals surface area contributed by atoms with Gasteiger partial charge in [0.15, 0.2) is 11.5 Å². The number of rotatable bonds is 13. The van der Waals surface area contributed by atoms with Gasteiger partial charge >= 0.3 is 10.4 Å². The van der Waals surface area contributed by atoms with Crippen molar-refractivity contribution in [2.24, 2.45) is 0 Å². The SMILES string of the molecule is CC(=O)N[C@@H]1C[S+](C[C@H]2OC(c3ccccc3)OC[C@@H]2OS(=O)(=O)O)[C@H](COCc2ccccc2)[C@H]1OCc1ccccc1. The van der Waals surface area contributed by atoms with E-state index in [0.29, 0.717) is 31.3 Å². The van der Waals surface area contributed by atoms with Gasteiger partial charge in [-0.3, -0.25) is 9.35 Å². The van der Waals surface area contributed by atoms with Crippen LogP contribution in [0.5, 0.6) is 0 Å². The Bertz CT molecular complexity index is 1430. The van der Waals surface area contributed by atoms with Crippen molar-refractivity contribution in [1.82, 2.24) is 5.32 Å². The Hall–Kier alpha value is -2.81. The lowest BCUT2D eigenvalue weighted by Gasteiger charge is -2.35. The Labute approximate surface area is 261 Å². The van der Waals surface area contributed by atoms with Crippen LogP contribution in [0.2, 0.25) is 0 Å². The summed E-state index contributed by atoms with van der Waals surface area (Å²) in [5.41, 5.74) is 2.82. The molecule has 2 aliphatic rings. The van der Waals surface area contributed by atoms with Gasteiger partial charge < -0.3 is 24.3 Å². The van der Waals surface area contributed by atoms with Gasteiger partial charge in [0, 0.05) is 23.4 Å². The molecule has 0 bridgehead atoms. The van der Waals surface area contributed by atoms with Gasteiger partial charge in [0.2, 0.25) is 5.91 Å². The largest absolute Gasteiger partial charge is 0.397 e. The monoisotopic (exact) mass is 644 g/mol. The van der Waals surface area contributed by atoms with E-state index < -0.39 is 39.8 Å². The second kappa shape index (κ2) is 15.5. The summed E-state index contributed by atoms with van der Waals surface area (Å²) in [6, 6.07) is 28.7. The molecular weight excluding hydrogens is 606 g/mol. The predicted octanol–water partition coefficient (Wildman–Crippen LogP) is 3.60. The average molecular weight is 645 g/mol. The third-order valence-corrected chi connectivity index (χ3v) is 10.8. The maximum Gasteiger partial charge on any atom is 0.397 e. The highest BCUT2D eigenvalue weighted by Crippen LogP contribution is 2.34. The molecule has 0 saturated carbocycles. The van der Waals surface area contributed by atoms with Crippen LogP contribution >= 0.6 is 0 Å². The van der Waals surface area contributed by atoms with Gasteiger partial charge in [0.25, 0.3) is 0 Å². The number of nitrogens with one attached hydrogen (secondary N) is 1. The van der Waals surface area contributed by atoms with E-state index in [1.807, 2.05) is 91.0 Å². The van der Waals surface area contributed by atoms with E-state index in [9.17, 15) is 17.8 Å². The van der Waals surface area contributed by atoms with Gasteiger partial charge in [-0.15, -0.1) is 0 Å². The lowest BCUT2D eigenvalue weighted by molar-refractivity contribution is -0.245. The number of ether oxygens (including phenoxy) is 4. The highest BCUT2D eigenvalue weighted by molar-refractivity contribution is 7.97. The highest BCUT2D eigenvalue weighted by atomic mass is 32.3. The van der Waals surface area contributed by atoms with Crippen LogP contribution in [-0.2, 0) is 62.4 Å². The smallest absolute Gasteiger partial charge is 0.371 e. The summed E-state index contributed by atoms with van der Waals surface area (Å²) in [5.74, 6) is 0.790. The van der Waals surface area contributed by atoms with Gasteiger partial charge in [-0.2, -0.15) is 8.42 Å². The topological polar surface area (TPSA) is 130 Å².